The summed E-state index contributed by atoms with van der Waals surface area (Å²) in [6, 6.07) is 18.4. The molecular weight excluding hydrogens is 212 g/mol. The number of hydrogen-bond donors (Lipinski definition) is 1. The summed E-state index contributed by atoms with van der Waals surface area (Å²) >= 11 is 0. The summed E-state index contributed by atoms with van der Waals surface area (Å²) in [6.07, 6.45) is 2.72. The van der Waals surface area contributed by atoms with Crippen molar-refractivity contribution in [2.45, 2.75) is 0 Å². The van der Waals surface area contributed by atoms with Crippen molar-refractivity contribution in [2.75, 3.05) is 0 Å². The molecule has 0 saturated carbocycles. The second-order valence-corrected chi connectivity index (χ2v) is 3.59. The molecule has 0 amide bonds. The van der Waals surface area contributed by atoms with Gasteiger partial charge in [0.15, 0.2) is 0 Å². The summed E-state index contributed by atoms with van der Waals surface area (Å²) in [4.78, 5) is 10.4. The molecule has 0 atom stereocenters. The predicted molar refractivity (Wildman–Crippen MR) is 67.4 cm³/mol. The molecule has 0 bridgehead atoms. The van der Waals surface area contributed by atoms with E-state index < -0.39 is 5.97 Å². The first-order chi connectivity index (χ1) is 8.25. The van der Waals surface area contributed by atoms with Gasteiger partial charge in [0, 0.05) is 6.08 Å². The molecular formula is C15H11O2. The fourth-order valence-corrected chi connectivity index (χ4v) is 1.57. The van der Waals surface area contributed by atoms with Crippen molar-refractivity contribution in [3.63, 3.8) is 0 Å². The highest BCUT2D eigenvalue weighted by Crippen LogP contribution is 2.20. The molecule has 0 aliphatic carbocycles. The Morgan fingerprint density at radius 2 is 1.88 bits per heavy atom. The van der Waals surface area contributed by atoms with Gasteiger partial charge in [0.05, 0.1) is 0 Å². The zero-order valence-corrected chi connectivity index (χ0v) is 9.13. The van der Waals surface area contributed by atoms with Crippen LogP contribution in [0.3, 0.4) is 0 Å². The predicted octanol–water partition coefficient (Wildman–Crippen LogP) is 3.25. The van der Waals surface area contributed by atoms with Crippen LogP contribution in [0.15, 0.2) is 54.6 Å². The molecule has 83 valence electrons. The van der Waals surface area contributed by atoms with Gasteiger partial charge in [-0.15, -0.1) is 0 Å². The van der Waals surface area contributed by atoms with Crippen molar-refractivity contribution >= 4 is 12.0 Å². The molecule has 2 rings (SSSR count). The highest BCUT2D eigenvalue weighted by Gasteiger charge is 1.97. The van der Waals surface area contributed by atoms with Crippen LogP contribution < -0.4 is 0 Å². The maximum atomic E-state index is 10.4. The molecule has 1 N–H and O–H groups in total. The van der Waals surface area contributed by atoms with Crippen LogP contribution in [0.2, 0.25) is 0 Å². The lowest BCUT2D eigenvalue weighted by atomic mass is 10.0. The summed E-state index contributed by atoms with van der Waals surface area (Å²) in [5.41, 5.74) is 3.03. The van der Waals surface area contributed by atoms with Gasteiger partial charge in [0.1, 0.15) is 0 Å². The van der Waals surface area contributed by atoms with E-state index in [1.54, 1.807) is 6.08 Å². The van der Waals surface area contributed by atoms with E-state index in [9.17, 15) is 4.79 Å². The summed E-state index contributed by atoms with van der Waals surface area (Å²) in [5, 5.41) is 8.57. The number of hydrogen-bond acceptors (Lipinski definition) is 1. The van der Waals surface area contributed by atoms with Crippen LogP contribution in [-0.4, -0.2) is 11.1 Å². The molecule has 1 radical (unpaired) electrons. The van der Waals surface area contributed by atoms with E-state index in [1.807, 2.05) is 48.5 Å². The van der Waals surface area contributed by atoms with Crippen molar-refractivity contribution in [2.24, 2.45) is 0 Å². The van der Waals surface area contributed by atoms with E-state index in [4.69, 9.17) is 5.11 Å². The highest BCUT2D eigenvalue weighted by molar-refractivity contribution is 5.85. The minimum Gasteiger partial charge on any atom is -0.478 e. The van der Waals surface area contributed by atoms with E-state index >= 15 is 0 Å². The minimum atomic E-state index is -0.940. The van der Waals surface area contributed by atoms with E-state index in [1.165, 1.54) is 0 Å². The number of aliphatic carboxylic acids is 1. The second-order valence-electron chi connectivity index (χ2n) is 3.59. The molecule has 0 heterocycles. The fourth-order valence-electron chi connectivity index (χ4n) is 1.57. The standard InChI is InChI=1S/C15H11O2/c16-15(17)10-9-12-5-4-8-14(11-12)13-6-2-1-3-7-13/h2-11H,(H,16,17)/b10-9+. The Hall–Kier alpha value is -2.35. The summed E-state index contributed by atoms with van der Waals surface area (Å²) in [6.45, 7) is 0. The Morgan fingerprint density at radius 1 is 1.12 bits per heavy atom. The lowest BCUT2D eigenvalue weighted by Gasteiger charge is -2.02. The monoisotopic (exact) mass is 223 g/mol. The van der Waals surface area contributed by atoms with Crippen molar-refractivity contribution < 1.29 is 9.90 Å². The van der Waals surface area contributed by atoms with Crippen LogP contribution in [-0.2, 0) is 4.79 Å². The third-order valence-corrected chi connectivity index (χ3v) is 2.36. The Bertz CT molecular complexity index is 542. The molecule has 0 aliphatic heterocycles. The largest absolute Gasteiger partial charge is 0.478 e. The first-order valence-corrected chi connectivity index (χ1v) is 5.23. The first-order valence-electron chi connectivity index (χ1n) is 5.23. The smallest absolute Gasteiger partial charge is 0.328 e. The van der Waals surface area contributed by atoms with E-state index in [2.05, 4.69) is 6.07 Å². The Kier molecular flexibility index (Phi) is 3.36. The number of carboxylic acid groups (broad SMARTS) is 1. The Labute approximate surface area is 99.8 Å². The summed E-state index contributed by atoms with van der Waals surface area (Å²) < 4.78 is 0. The van der Waals surface area contributed by atoms with Gasteiger partial charge < -0.3 is 5.11 Å². The molecule has 2 aromatic rings. The molecule has 0 spiro atoms. The lowest BCUT2D eigenvalue weighted by molar-refractivity contribution is -0.131. The molecule has 0 unspecified atom stereocenters. The van der Waals surface area contributed by atoms with Crippen LogP contribution >= 0.6 is 0 Å². The average Bonchev–Trinajstić information content (AvgIpc) is 2.38. The zero-order chi connectivity index (χ0) is 12.1. The summed E-state index contributed by atoms with van der Waals surface area (Å²) in [5.74, 6) is -0.940. The first kappa shape index (κ1) is 11.1. The minimum absolute atomic E-state index is 0.873. The molecule has 0 saturated heterocycles. The van der Waals surface area contributed by atoms with Gasteiger partial charge in [0.25, 0.3) is 0 Å². The van der Waals surface area contributed by atoms with Gasteiger partial charge in [-0.1, -0.05) is 42.5 Å². The SMILES string of the molecule is O=C(O)/C=C/c1cccc(-c2cc[c]cc2)c1. The topological polar surface area (TPSA) is 37.3 Å². The van der Waals surface area contributed by atoms with Crippen LogP contribution in [0.4, 0.5) is 0 Å². The maximum absolute atomic E-state index is 10.4. The van der Waals surface area contributed by atoms with E-state index in [-0.39, 0.29) is 0 Å². The van der Waals surface area contributed by atoms with Gasteiger partial charge >= 0.3 is 5.97 Å². The van der Waals surface area contributed by atoms with Crippen LogP contribution in [0.1, 0.15) is 5.56 Å². The van der Waals surface area contributed by atoms with Crippen molar-refractivity contribution in [3.05, 3.63) is 66.2 Å². The van der Waals surface area contributed by atoms with Crippen molar-refractivity contribution in [1.29, 1.82) is 0 Å². The van der Waals surface area contributed by atoms with Gasteiger partial charge in [-0.05, 0) is 34.9 Å². The zero-order valence-electron chi connectivity index (χ0n) is 9.13. The molecule has 2 nitrogen and oxygen atoms in total. The number of carboxylic acids is 1. The van der Waals surface area contributed by atoms with Crippen LogP contribution in [0.25, 0.3) is 17.2 Å². The number of carbonyl (C=O) groups is 1. The van der Waals surface area contributed by atoms with Crippen LogP contribution in [0.5, 0.6) is 0 Å². The fraction of sp³-hybridized carbons (Fsp3) is 0. The van der Waals surface area contributed by atoms with Gasteiger partial charge in [-0.2, -0.15) is 0 Å². The lowest BCUT2D eigenvalue weighted by Crippen LogP contribution is -1.86. The average molecular weight is 223 g/mol. The van der Waals surface area contributed by atoms with Gasteiger partial charge in [0.2, 0.25) is 0 Å². The van der Waals surface area contributed by atoms with Gasteiger partial charge in [-0.3, -0.25) is 0 Å². The Morgan fingerprint density at radius 3 is 2.59 bits per heavy atom. The molecule has 0 aromatic heterocycles. The normalized spacial score (nSPS) is 10.6. The van der Waals surface area contributed by atoms with E-state index in [0.717, 1.165) is 22.8 Å². The molecule has 0 fully saturated rings. The maximum Gasteiger partial charge on any atom is 0.328 e. The molecule has 2 aromatic carbocycles. The van der Waals surface area contributed by atoms with E-state index in [0.29, 0.717) is 0 Å². The summed E-state index contributed by atoms with van der Waals surface area (Å²) in [7, 11) is 0. The number of rotatable bonds is 3. The quantitative estimate of drug-likeness (QED) is 0.811. The van der Waals surface area contributed by atoms with Gasteiger partial charge in [-0.25, -0.2) is 4.79 Å². The third kappa shape index (κ3) is 3.05. The highest BCUT2D eigenvalue weighted by atomic mass is 16.4. The van der Waals surface area contributed by atoms with Crippen LogP contribution in [0, 0.1) is 6.07 Å². The molecule has 2 heteroatoms. The number of benzene rings is 2. The molecule has 17 heavy (non-hydrogen) atoms. The second kappa shape index (κ2) is 5.12. The molecule has 0 aliphatic rings. The Balaban J connectivity index is 2.32. The van der Waals surface area contributed by atoms with Crippen molar-refractivity contribution in [1.82, 2.24) is 0 Å². The third-order valence-electron chi connectivity index (χ3n) is 2.36. The van der Waals surface area contributed by atoms with Crippen molar-refractivity contribution in [3.8, 4) is 11.1 Å².